The summed E-state index contributed by atoms with van der Waals surface area (Å²) in [6, 6.07) is 3.55. The van der Waals surface area contributed by atoms with Gasteiger partial charge in [-0.3, -0.25) is 4.79 Å². The lowest BCUT2D eigenvalue weighted by Crippen LogP contribution is -2.27. The molecule has 2 saturated heterocycles. The molecule has 0 aliphatic carbocycles. The molecule has 5 nitrogen and oxygen atoms in total. The summed E-state index contributed by atoms with van der Waals surface area (Å²) < 4.78 is 11.1. The zero-order valence-electron chi connectivity index (χ0n) is 11.6. The molecule has 1 aromatic rings. The van der Waals surface area contributed by atoms with E-state index in [0.29, 0.717) is 18.1 Å². The second kappa shape index (κ2) is 6.22. The summed E-state index contributed by atoms with van der Waals surface area (Å²) >= 11 is 0. The van der Waals surface area contributed by atoms with Crippen LogP contribution in [0.4, 0.5) is 0 Å². The van der Waals surface area contributed by atoms with Gasteiger partial charge >= 0.3 is 0 Å². The van der Waals surface area contributed by atoms with Crippen LogP contribution in [0.2, 0.25) is 0 Å². The largest absolute Gasteiger partial charge is 0.475 e. The first kappa shape index (κ1) is 13.4. The average Bonchev–Trinajstić information content (AvgIpc) is 3.18. The predicted molar refractivity (Wildman–Crippen MR) is 73.8 cm³/mol. The Labute approximate surface area is 118 Å². The van der Waals surface area contributed by atoms with Gasteiger partial charge in [-0.25, -0.2) is 4.98 Å². The third kappa shape index (κ3) is 3.10. The summed E-state index contributed by atoms with van der Waals surface area (Å²) in [6.45, 7) is 3.07. The van der Waals surface area contributed by atoms with Crippen molar-refractivity contribution in [3.8, 4) is 5.88 Å². The fourth-order valence-corrected chi connectivity index (χ4v) is 2.65. The van der Waals surface area contributed by atoms with Crippen LogP contribution in [0, 0.1) is 0 Å². The number of carbonyl (C=O) groups is 1. The van der Waals surface area contributed by atoms with Crippen molar-refractivity contribution in [2.45, 2.75) is 31.8 Å². The van der Waals surface area contributed by atoms with Gasteiger partial charge in [0, 0.05) is 32.0 Å². The van der Waals surface area contributed by atoms with Gasteiger partial charge in [-0.05, 0) is 31.7 Å². The standard InChI is InChI=1S/C15H20N2O3/c18-15(17-7-1-2-8-17)12-5-6-14(16-10-12)20-11-13-4-3-9-19-13/h5-6,10,13H,1-4,7-9,11H2/t13-/m1/s1. The first-order valence-corrected chi connectivity index (χ1v) is 7.33. The molecule has 0 radical (unpaired) electrons. The fourth-order valence-electron chi connectivity index (χ4n) is 2.65. The van der Waals surface area contributed by atoms with Gasteiger partial charge in [0.2, 0.25) is 5.88 Å². The first-order chi connectivity index (χ1) is 9.83. The highest BCUT2D eigenvalue weighted by molar-refractivity contribution is 5.94. The third-order valence-corrected chi connectivity index (χ3v) is 3.82. The normalized spacial score (nSPS) is 22.2. The highest BCUT2D eigenvalue weighted by Gasteiger charge is 2.20. The van der Waals surface area contributed by atoms with E-state index in [1.807, 2.05) is 4.90 Å². The van der Waals surface area contributed by atoms with Gasteiger partial charge in [-0.1, -0.05) is 0 Å². The van der Waals surface area contributed by atoms with E-state index >= 15 is 0 Å². The van der Waals surface area contributed by atoms with E-state index in [0.717, 1.165) is 45.4 Å². The molecule has 1 amide bonds. The summed E-state index contributed by atoms with van der Waals surface area (Å²) in [6.07, 6.45) is 6.13. The molecule has 3 rings (SSSR count). The molecule has 0 spiro atoms. The maximum Gasteiger partial charge on any atom is 0.255 e. The Balaban J connectivity index is 1.54. The van der Waals surface area contributed by atoms with E-state index in [4.69, 9.17) is 9.47 Å². The highest BCUT2D eigenvalue weighted by Crippen LogP contribution is 2.16. The molecular weight excluding hydrogens is 256 g/mol. The van der Waals surface area contributed by atoms with E-state index < -0.39 is 0 Å². The van der Waals surface area contributed by atoms with Crippen molar-refractivity contribution in [1.29, 1.82) is 0 Å². The topological polar surface area (TPSA) is 51.7 Å². The minimum atomic E-state index is 0.0701. The minimum absolute atomic E-state index is 0.0701. The molecular formula is C15H20N2O3. The molecule has 1 atom stereocenters. The lowest BCUT2D eigenvalue weighted by atomic mass is 10.2. The van der Waals surface area contributed by atoms with Crippen molar-refractivity contribution in [2.24, 2.45) is 0 Å². The number of rotatable bonds is 4. The number of nitrogens with zero attached hydrogens (tertiary/aromatic N) is 2. The number of ether oxygens (including phenoxy) is 2. The zero-order chi connectivity index (χ0) is 13.8. The molecule has 0 N–H and O–H groups in total. The number of hydrogen-bond donors (Lipinski definition) is 0. The molecule has 2 fully saturated rings. The molecule has 0 unspecified atom stereocenters. The Bertz CT molecular complexity index is 449. The summed E-state index contributed by atoms with van der Waals surface area (Å²) in [5, 5.41) is 0. The number of hydrogen-bond acceptors (Lipinski definition) is 4. The predicted octanol–water partition coefficient (Wildman–Crippen LogP) is 1.88. The van der Waals surface area contributed by atoms with Crippen LogP contribution in [0.15, 0.2) is 18.3 Å². The molecule has 0 bridgehead atoms. The Kier molecular flexibility index (Phi) is 4.16. The smallest absolute Gasteiger partial charge is 0.255 e. The quantitative estimate of drug-likeness (QED) is 0.842. The van der Waals surface area contributed by atoms with Crippen molar-refractivity contribution in [3.05, 3.63) is 23.9 Å². The van der Waals surface area contributed by atoms with Crippen LogP contribution in [-0.4, -0.2) is 48.2 Å². The van der Waals surface area contributed by atoms with Gasteiger partial charge in [0.05, 0.1) is 11.7 Å². The van der Waals surface area contributed by atoms with E-state index in [9.17, 15) is 4.79 Å². The Morgan fingerprint density at radius 1 is 1.35 bits per heavy atom. The van der Waals surface area contributed by atoms with Crippen LogP contribution in [0.25, 0.3) is 0 Å². The van der Waals surface area contributed by atoms with Crippen LogP contribution in [0.3, 0.4) is 0 Å². The molecule has 0 saturated carbocycles. The zero-order valence-corrected chi connectivity index (χ0v) is 11.6. The van der Waals surface area contributed by atoms with Gasteiger partial charge < -0.3 is 14.4 Å². The second-order valence-corrected chi connectivity index (χ2v) is 5.33. The van der Waals surface area contributed by atoms with Gasteiger partial charge in [-0.15, -0.1) is 0 Å². The number of carbonyl (C=O) groups excluding carboxylic acids is 1. The summed E-state index contributed by atoms with van der Waals surface area (Å²) in [5.41, 5.74) is 0.636. The first-order valence-electron chi connectivity index (χ1n) is 7.33. The summed E-state index contributed by atoms with van der Waals surface area (Å²) in [7, 11) is 0. The number of amides is 1. The van der Waals surface area contributed by atoms with Crippen molar-refractivity contribution in [1.82, 2.24) is 9.88 Å². The third-order valence-electron chi connectivity index (χ3n) is 3.82. The average molecular weight is 276 g/mol. The molecule has 1 aromatic heterocycles. The summed E-state index contributed by atoms with van der Waals surface area (Å²) in [4.78, 5) is 18.2. The molecule has 5 heteroatoms. The Morgan fingerprint density at radius 3 is 2.85 bits per heavy atom. The lowest BCUT2D eigenvalue weighted by Gasteiger charge is -2.15. The van der Waals surface area contributed by atoms with Crippen LogP contribution >= 0.6 is 0 Å². The molecule has 2 aliphatic heterocycles. The van der Waals surface area contributed by atoms with E-state index in [2.05, 4.69) is 4.98 Å². The minimum Gasteiger partial charge on any atom is -0.475 e. The van der Waals surface area contributed by atoms with E-state index in [-0.39, 0.29) is 12.0 Å². The second-order valence-electron chi connectivity index (χ2n) is 5.33. The fraction of sp³-hybridized carbons (Fsp3) is 0.600. The molecule has 3 heterocycles. The summed E-state index contributed by atoms with van der Waals surface area (Å²) in [5.74, 6) is 0.624. The van der Waals surface area contributed by atoms with Crippen molar-refractivity contribution in [3.63, 3.8) is 0 Å². The van der Waals surface area contributed by atoms with Crippen molar-refractivity contribution in [2.75, 3.05) is 26.3 Å². The monoisotopic (exact) mass is 276 g/mol. The number of likely N-dealkylation sites (tertiary alicyclic amines) is 1. The Morgan fingerprint density at radius 2 is 2.20 bits per heavy atom. The van der Waals surface area contributed by atoms with Crippen molar-refractivity contribution >= 4 is 5.91 Å². The molecule has 108 valence electrons. The van der Waals surface area contributed by atoms with Crippen LogP contribution in [0.5, 0.6) is 5.88 Å². The maximum atomic E-state index is 12.2. The lowest BCUT2D eigenvalue weighted by molar-refractivity contribution is 0.0662. The molecule has 2 aliphatic rings. The molecule has 20 heavy (non-hydrogen) atoms. The van der Waals surface area contributed by atoms with Crippen LogP contribution in [0.1, 0.15) is 36.0 Å². The van der Waals surface area contributed by atoms with Gasteiger partial charge in [0.25, 0.3) is 5.91 Å². The Hall–Kier alpha value is -1.62. The number of pyridine rings is 1. The van der Waals surface area contributed by atoms with Gasteiger partial charge in [-0.2, -0.15) is 0 Å². The van der Waals surface area contributed by atoms with E-state index in [1.165, 1.54) is 0 Å². The number of aromatic nitrogens is 1. The maximum absolute atomic E-state index is 12.2. The highest BCUT2D eigenvalue weighted by atomic mass is 16.5. The van der Waals surface area contributed by atoms with Crippen LogP contribution in [-0.2, 0) is 4.74 Å². The molecule has 0 aromatic carbocycles. The van der Waals surface area contributed by atoms with Gasteiger partial charge in [0.1, 0.15) is 6.61 Å². The van der Waals surface area contributed by atoms with Crippen LogP contribution < -0.4 is 4.74 Å². The van der Waals surface area contributed by atoms with Crippen molar-refractivity contribution < 1.29 is 14.3 Å². The van der Waals surface area contributed by atoms with E-state index in [1.54, 1.807) is 18.3 Å². The van der Waals surface area contributed by atoms with Gasteiger partial charge in [0.15, 0.2) is 0 Å². The SMILES string of the molecule is O=C(c1ccc(OC[C@H]2CCCO2)nc1)N1CCCC1.